The Labute approximate surface area is 123 Å². The number of aromatic nitrogens is 2. The van der Waals surface area contributed by atoms with E-state index >= 15 is 0 Å². The molecule has 1 unspecified atom stereocenters. The molecule has 0 spiro atoms. The molecule has 7 heteroatoms. The normalized spacial score (nSPS) is 12.8. The van der Waals surface area contributed by atoms with Gasteiger partial charge in [-0.15, -0.1) is 0 Å². The average Bonchev–Trinajstić information content (AvgIpc) is 2.82. The minimum Gasteiger partial charge on any atom is -0.390 e. The minimum absolute atomic E-state index is 0.243. The lowest BCUT2D eigenvalue weighted by Gasteiger charge is -2.10. The molecule has 0 radical (unpaired) electrons. The maximum Gasteiger partial charge on any atom is 0.421 e. The summed E-state index contributed by atoms with van der Waals surface area (Å²) in [5.74, 6) is 0.767. The molecule has 21 heavy (non-hydrogen) atoms. The molecule has 0 saturated carbocycles. The number of hydrogen-bond acceptors (Lipinski definition) is 5. The van der Waals surface area contributed by atoms with Gasteiger partial charge in [-0.25, -0.2) is 9.13 Å². The van der Waals surface area contributed by atoms with Crippen LogP contribution in [0.1, 0.15) is 0 Å². The summed E-state index contributed by atoms with van der Waals surface area (Å²) in [7, 11) is 3.84. The smallest absolute Gasteiger partial charge is 0.390 e. The lowest BCUT2D eigenvalue weighted by Crippen LogP contribution is -2.27. The van der Waals surface area contributed by atoms with Gasteiger partial charge in [0.2, 0.25) is 0 Å². The first kappa shape index (κ1) is 15.1. The molecular formula is C14H21N6O+. The summed E-state index contributed by atoms with van der Waals surface area (Å²) in [5, 5.41) is 20.9. The lowest BCUT2D eigenvalue weighted by molar-refractivity contribution is -0.657. The number of benzene rings is 1. The Balaban J connectivity index is 1.99. The monoisotopic (exact) mass is 289 g/mol. The standard InChI is InChI=1S/C14H20N6O/c1-19-7-8-20(2)14(19)18-17-12-5-3-11(4-6-12)16-10-13(21)9-15/h3-8,13,21H,9-10,15H2,1-2H3/p+1. The predicted octanol–water partition coefficient (Wildman–Crippen LogP) is 0.996. The summed E-state index contributed by atoms with van der Waals surface area (Å²) in [5.41, 5.74) is 7.02. The second kappa shape index (κ2) is 6.96. The van der Waals surface area contributed by atoms with Crippen molar-refractivity contribution in [2.75, 3.05) is 18.4 Å². The van der Waals surface area contributed by atoms with Crippen LogP contribution in [-0.2, 0) is 14.1 Å². The molecule has 1 aromatic heterocycles. The van der Waals surface area contributed by atoms with Gasteiger partial charge in [0.05, 0.1) is 32.6 Å². The number of hydrogen-bond donors (Lipinski definition) is 3. The average molecular weight is 289 g/mol. The van der Waals surface area contributed by atoms with Crippen LogP contribution >= 0.6 is 0 Å². The fourth-order valence-corrected chi connectivity index (χ4v) is 1.79. The molecule has 7 nitrogen and oxygen atoms in total. The number of aliphatic hydroxyl groups is 1. The van der Waals surface area contributed by atoms with Crippen molar-refractivity contribution in [1.29, 1.82) is 0 Å². The molecule has 4 N–H and O–H groups in total. The summed E-state index contributed by atoms with van der Waals surface area (Å²) in [6, 6.07) is 7.51. The van der Waals surface area contributed by atoms with Crippen molar-refractivity contribution >= 4 is 17.3 Å². The minimum atomic E-state index is -0.540. The maximum absolute atomic E-state index is 9.39. The molecule has 0 amide bonds. The molecule has 1 aromatic carbocycles. The Morgan fingerprint density at radius 2 is 2.05 bits per heavy atom. The van der Waals surface area contributed by atoms with E-state index in [0.29, 0.717) is 6.54 Å². The third-order valence-electron chi connectivity index (χ3n) is 3.08. The molecule has 1 heterocycles. The van der Waals surface area contributed by atoms with Crippen LogP contribution < -0.4 is 15.6 Å². The Hall–Kier alpha value is -2.25. The van der Waals surface area contributed by atoms with Crippen LogP contribution in [0.5, 0.6) is 0 Å². The van der Waals surface area contributed by atoms with Crippen molar-refractivity contribution in [3.63, 3.8) is 0 Å². The van der Waals surface area contributed by atoms with Crippen LogP contribution in [0.2, 0.25) is 0 Å². The van der Waals surface area contributed by atoms with Gasteiger partial charge in [0.15, 0.2) is 0 Å². The summed E-state index contributed by atoms with van der Waals surface area (Å²) in [4.78, 5) is 0. The van der Waals surface area contributed by atoms with Crippen molar-refractivity contribution in [2.24, 2.45) is 30.1 Å². The zero-order chi connectivity index (χ0) is 15.2. The van der Waals surface area contributed by atoms with Crippen LogP contribution in [0, 0.1) is 0 Å². The first-order valence-corrected chi connectivity index (χ1v) is 6.75. The van der Waals surface area contributed by atoms with Gasteiger partial charge in [-0.3, -0.25) is 0 Å². The fourth-order valence-electron chi connectivity index (χ4n) is 1.79. The number of aryl methyl sites for hydroxylation is 2. The van der Waals surface area contributed by atoms with Crippen LogP contribution in [0.4, 0.5) is 17.3 Å². The van der Waals surface area contributed by atoms with Crippen molar-refractivity contribution in [3.8, 4) is 0 Å². The Kier molecular flexibility index (Phi) is 5.02. The van der Waals surface area contributed by atoms with Gasteiger partial charge < -0.3 is 16.2 Å². The number of azo groups is 1. The van der Waals surface area contributed by atoms with E-state index in [2.05, 4.69) is 15.5 Å². The second-order valence-corrected chi connectivity index (χ2v) is 4.84. The van der Waals surface area contributed by atoms with Gasteiger partial charge in [-0.2, -0.15) is 0 Å². The molecule has 0 fully saturated rings. The quantitative estimate of drug-likeness (QED) is 0.547. The Morgan fingerprint density at radius 1 is 1.33 bits per heavy atom. The zero-order valence-electron chi connectivity index (χ0n) is 12.3. The van der Waals surface area contributed by atoms with Gasteiger partial charge >= 0.3 is 5.95 Å². The van der Waals surface area contributed by atoms with E-state index in [1.54, 1.807) is 0 Å². The van der Waals surface area contributed by atoms with Gasteiger partial charge in [0, 0.05) is 23.9 Å². The van der Waals surface area contributed by atoms with Crippen LogP contribution in [-0.4, -0.2) is 28.9 Å². The summed E-state index contributed by atoms with van der Waals surface area (Å²) in [6.07, 6.45) is 3.30. The first-order valence-electron chi connectivity index (χ1n) is 6.75. The highest BCUT2D eigenvalue weighted by molar-refractivity contribution is 5.50. The molecule has 0 aliphatic heterocycles. The lowest BCUT2D eigenvalue weighted by atomic mass is 10.2. The Bertz CT molecular complexity index is 585. The van der Waals surface area contributed by atoms with E-state index in [1.807, 2.05) is 59.9 Å². The maximum atomic E-state index is 9.39. The van der Waals surface area contributed by atoms with E-state index in [0.717, 1.165) is 17.3 Å². The van der Waals surface area contributed by atoms with Gasteiger partial charge in [0.25, 0.3) is 0 Å². The fraction of sp³-hybridized carbons (Fsp3) is 0.357. The van der Waals surface area contributed by atoms with Crippen LogP contribution in [0.25, 0.3) is 0 Å². The highest BCUT2D eigenvalue weighted by atomic mass is 16.3. The SMILES string of the molecule is Cn1cc[n+](C)c1N=Nc1ccc(NCC(O)CN)cc1. The summed E-state index contributed by atoms with van der Waals surface area (Å²) in [6.45, 7) is 0.670. The van der Waals surface area contributed by atoms with Crippen molar-refractivity contribution in [2.45, 2.75) is 6.10 Å². The van der Waals surface area contributed by atoms with Crippen molar-refractivity contribution < 1.29 is 9.67 Å². The molecular weight excluding hydrogens is 268 g/mol. The molecule has 0 saturated heterocycles. The number of nitrogens with one attached hydrogen (secondary N) is 1. The van der Waals surface area contributed by atoms with Gasteiger partial charge in [-0.1, -0.05) is 5.11 Å². The highest BCUT2D eigenvalue weighted by Gasteiger charge is 2.10. The van der Waals surface area contributed by atoms with Crippen molar-refractivity contribution in [3.05, 3.63) is 36.7 Å². The number of nitrogens with two attached hydrogens (primary N) is 1. The zero-order valence-corrected chi connectivity index (χ0v) is 12.3. The third kappa shape index (κ3) is 4.11. The molecule has 2 rings (SSSR count). The van der Waals surface area contributed by atoms with E-state index in [-0.39, 0.29) is 6.54 Å². The Morgan fingerprint density at radius 3 is 2.62 bits per heavy atom. The molecule has 0 aliphatic rings. The number of imidazole rings is 1. The second-order valence-electron chi connectivity index (χ2n) is 4.84. The van der Waals surface area contributed by atoms with Gasteiger partial charge in [0.1, 0.15) is 5.69 Å². The number of aliphatic hydroxyl groups excluding tert-OH is 1. The number of rotatable bonds is 6. The van der Waals surface area contributed by atoms with Gasteiger partial charge in [-0.05, 0) is 24.3 Å². The summed E-state index contributed by atoms with van der Waals surface area (Å²) >= 11 is 0. The molecule has 2 aromatic rings. The van der Waals surface area contributed by atoms with Crippen LogP contribution in [0.15, 0.2) is 46.9 Å². The number of nitrogens with zero attached hydrogens (tertiary/aromatic N) is 4. The van der Waals surface area contributed by atoms with Crippen LogP contribution in [0.3, 0.4) is 0 Å². The van der Waals surface area contributed by atoms with E-state index < -0.39 is 6.10 Å². The first-order chi connectivity index (χ1) is 10.1. The summed E-state index contributed by atoms with van der Waals surface area (Å²) < 4.78 is 3.79. The molecule has 112 valence electrons. The number of anilines is 1. The molecule has 0 aliphatic carbocycles. The van der Waals surface area contributed by atoms with E-state index in [1.165, 1.54) is 0 Å². The molecule has 1 atom stereocenters. The largest absolute Gasteiger partial charge is 0.421 e. The predicted molar refractivity (Wildman–Crippen MR) is 80.8 cm³/mol. The van der Waals surface area contributed by atoms with Crippen molar-refractivity contribution in [1.82, 2.24) is 4.57 Å². The third-order valence-corrected chi connectivity index (χ3v) is 3.08. The van der Waals surface area contributed by atoms with E-state index in [4.69, 9.17) is 5.73 Å². The highest BCUT2D eigenvalue weighted by Crippen LogP contribution is 2.18. The van der Waals surface area contributed by atoms with E-state index in [9.17, 15) is 5.11 Å². The topological polar surface area (TPSA) is 91.8 Å². The molecule has 0 bridgehead atoms.